The van der Waals surface area contributed by atoms with Crippen LogP contribution in [0.5, 0.6) is 5.75 Å². The number of para-hydroxylation sites is 1. The highest BCUT2D eigenvalue weighted by molar-refractivity contribution is 5.46. The molecule has 0 fully saturated rings. The van der Waals surface area contributed by atoms with Crippen molar-refractivity contribution in [2.24, 2.45) is 5.92 Å². The van der Waals surface area contributed by atoms with Crippen molar-refractivity contribution in [1.29, 1.82) is 0 Å². The number of rotatable bonds is 5. The van der Waals surface area contributed by atoms with Crippen molar-refractivity contribution in [2.45, 2.75) is 33.7 Å². The molecule has 106 valence electrons. The van der Waals surface area contributed by atoms with Gasteiger partial charge >= 0.3 is 0 Å². The Labute approximate surface area is 121 Å². The van der Waals surface area contributed by atoms with Gasteiger partial charge in [0.2, 0.25) is 0 Å². The predicted molar refractivity (Wildman–Crippen MR) is 85.2 cm³/mol. The molecule has 0 aliphatic rings. The zero-order valence-electron chi connectivity index (χ0n) is 12.5. The first-order valence-electron chi connectivity index (χ1n) is 7.16. The Balaban J connectivity index is 2.14. The molecule has 2 nitrogen and oxygen atoms in total. The van der Waals surface area contributed by atoms with Gasteiger partial charge in [-0.15, -0.1) is 0 Å². The first kappa shape index (κ1) is 14.4. The zero-order valence-corrected chi connectivity index (χ0v) is 12.5. The van der Waals surface area contributed by atoms with Gasteiger partial charge in [-0.05, 0) is 48.1 Å². The van der Waals surface area contributed by atoms with Gasteiger partial charge in [-0.1, -0.05) is 44.2 Å². The molecule has 2 heteroatoms. The third-order valence-corrected chi connectivity index (χ3v) is 3.34. The number of nitrogens with one attached hydrogen (secondary N) is 1. The fourth-order valence-electron chi connectivity index (χ4n) is 2.39. The molecule has 0 radical (unpaired) electrons. The van der Waals surface area contributed by atoms with Crippen molar-refractivity contribution in [3.8, 4) is 5.75 Å². The number of anilines is 1. The first-order chi connectivity index (χ1) is 9.56. The fraction of sp³-hybridized carbons (Fsp3) is 0.333. The molecule has 2 rings (SSSR count). The minimum Gasteiger partial charge on any atom is -0.507 e. The maximum atomic E-state index is 10.1. The van der Waals surface area contributed by atoms with Crippen molar-refractivity contribution < 1.29 is 5.11 Å². The van der Waals surface area contributed by atoms with Gasteiger partial charge in [0.15, 0.2) is 0 Å². The third kappa shape index (κ3) is 3.77. The van der Waals surface area contributed by atoms with Crippen LogP contribution >= 0.6 is 0 Å². The van der Waals surface area contributed by atoms with Gasteiger partial charge in [0, 0.05) is 12.2 Å². The third-order valence-electron chi connectivity index (χ3n) is 3.34. The summed E-state index contributed by atoms with van der Waals surface area (Å²) in [7, 11) is 0. The van der Waals surface area contributed by atoms with Crippen LogP contribution in [0.4, 0.5) is 5.69 Å². The smallest absolute Gasteiger partial charge is 0.121 e. The Bertz CT molecular complexity index is 561. The van der Waals surface area contributed by atoms with Gasteiger partial charge in [-0.25, -0.2) is 0 Å². The summed E-state index contributed by atoms with van der Waals surface area (Å²) >= 11 is 0. The highest BCUT2D eigenvalue weighted by Crippen LogP contribution is 2.26. The van der Waals surface area contributed by atoms with E-state index in [1.807, 2.05) is 25.1 Å². The second kappa shape index (κ2) is 6.47. The molecule has 0 heterocycles. The van der Waals surface area contributed by atoms with Crippen molar-refractivity contribution in [3.05, 3.63) is 59.2 Å². The highest BCUT2D eigenvalue weighted by Gasteiger charge is 2.08. The summed E-state index contributed by atoms with van der Waals surface area (Å²) in [5.74, 6) is 0.986. The van der Waals surface area contributed by atoms with E-state index < -0.39 is 0 Å². The average Bonchev–Trinajstić information content (AvgIpc) is 2.42. The summed E-state index contributed by atoms with van der Waals surface area (Å²) < 4.78 is 0. The van der Waals surface area contributed by atoms with E-state index in [1.165, 1.54) is 5.56 Å². The van der Waals surface area contributed by atoms with E-state index in [2.05, 4.69) is 43.4 Å². The fourth-order valence-corrected chi connectivity index (χ4v) is 2.39. The lowest BCUT2D eigenvalue weighted by atomic mass is 9.97. The number of benzene rings is 2. The normalized spacial score (nSPS) is 10.8. The molecule has 2 N–H and O–H groups in total. The van der Waals surface area contributed by atoms with E-state index in [4.69, 9.17) is 0 Å². The topological polar surface area (TPSA) is 32.3 Å². The van der Waals surface area contributed by atoms with Gasteiger partial charge in [0.05, 0.1) is 0 Å². The Kier molecular flexibility index (Phi) is 4.67. The summed E-state index contributed by atoms with van der Waals surface area (Å²) in [6.07, 6.45) is 0.909. The molecule has 0 aromatic heterocycles. The maximum absolute atomic E-state index is 10.1. The second-order valence-corrected chi connectivity index (χ2v) is 5.74. The molecule has 2 aromatic rings. The van der Waals surface area contributed by atoms with Crippen LogP contribution in [-0.4, -0.2) is 5.11 Å². The van der Waals surface area contributed by atoms with Crippen LogP contribution in [0.15, 0.2) is 42.5 Å². The Morgan fingerprint density at radius 2 is 1.80 bits per heavy atom. The number of hydrogen-bond donors (Lipinski definition) is 2. The molecule has 0 saturated heterocycles. The molecule has 0 bridgehead atoms. The van der Waals surface area contributed by atoms with Crippen LogP contribution in [0, 0.1) is 12.8 Å². The molecule has 0 aliphatic carbocycles. The molecule has 20 heavy (non-hydrogen) atoms. The summed E-state index contributed by atoms with van der Waals surface area (Å²) in [6, 6.07) is 14.3. The first-order valence-corrected chi connectivity index (χ1v) is 7.16. The van der Waals surface area contributed by atoms with Crippen LogP contribution in [0.3, 0.4) is 0 Å². The van der Waals surface area contributed by atoms with Gasteiger partial charge < -0.3 is 10.4 Å². The van der Waals surface area contributed by atoms with Crippen LogP contribution in [0.2, 0.25) is 0 Å². The average molecular weight is 269 g/mol. The second-order valence-electron chi connectivity index (χ2n) is 5.74. The van der Waals surface area contributed by atoms with Gasteiger partial charge in [0.1, 0.15) is 5.75 Å². The summed E-state index contributed by atoms with van der Waals surface area (Å²) in [5.41, 5.74) is 4.32. The van der Waals surface area contributed by atoms with Crippen molar-refractivity contribution in [1.82, 2.24) is 0 Å². The van der Waals surface area contributed by atoms with Gasteiger partial charge in [-0.3, -0.25) is 0 Å². The van der Waals surface area contributed by atoms with E-state index in [-0.39, 0.29) is 0 Å². The maximum Gasteiger partial charge on any atom is 0.121 e. The summed E-state index contributed by atoms with van der Waals surface area (Å²) in [6.45, 7) is 7.08. The SMILES string of the molecule is Cc1cc(CNc2ccccc2)cc(CC(C)C)c1O. The van der Waals surface area contributed by atoms with Crippen molar-refractivity contribution in [2.75, 3.05) is 5.32 Å². The quantitative estimate of drug-likeness (QED) is 0.837. The standard InChI is InChI=1S/C18H23NO/c1-13(2)9-16-11-15(10-14(3)18(16)20)12-19-17-7-5-4-6-8-17/h4-8,10-11,13,19-20H,9,12H2,1-3H3. The summed E-state index contributed by atoms with van der Waals surface area (Å²) in [5, 5.41) is 13.5. The van der Waals surface area contributed by atoms with E-state index in [1.54, 1.807) is 0 Å². The van der Waals surface area contributed by atoms with E-state index >= 15 is 0 Å². The lowest BCUT2D eigenvalue weighted by Crippen LogP contribution is -2.02. The van der Waals surface area contributed by atoms with Crippen LogP contribution in [0.25, 0.3) is 0 Å². The van der Waals surface area contributed by atoms with E-state index in [9.17, 15) is 5.11 Å². The molecule has 0 spiro atoms. The predicted octanol–water partition coefficient (Wildman–Crippen LogP) is 4.51. The zero-order chi connectivity index (χ0) is 14.5. The van der Waals surface area contributed by atoms with Crippen LogP contribution < -0.4 is 5.32 Å². The van der Waals surface area contributed by atoms with Crippen molar-refractivity contribution >= 4 is 5.69 Å². The van der Waals surface area contributed by atoms with Crippen LogP contribution in [0.1, 0.15) is 30.5 Å². The molecule has 0 atom stereocenters. The number of phenolic OH excluding ortho intramolecular Hbond substituents is 1. The van der Waals surface area contributed by atoms with E-state index in [0.717, 1.165) is 29.8 Å². The van der Waals surface area contributed by atoms with Crippen LogP contribution in [-0.2, 0) is 13.0 Å². The minimum absolute atomic E-state index is 0.446. The number of hydrogen-bond acceptors (Lipinski definition) is 2. The molecule has 0 amide bonds. The van der Waals surface area contributed by atoms with Gasteiger partial charge in [0.25, 0.3) is 0 Å². The number of phenols is 1. The summed E-state index contributed by atoms with van der Waals surface area (Å²) in [4.78, 5) is 0. The Morgan fingerprint density at radius 1 is 1.10 bits per heavy atom. The minimum atomic E-state index is 0.446. The van der Waals surface area contributed by atoms with Gasteiger partial charge in [-0.2, -0.15) is 0 Å². The van der Waals surface area contributed by atoms with E-state index in [0.29, 0.717) is 11.7 Å². The number of aromatic hydroxyl groups is 1. The Morgan fingerprint density at radius 3 is 2.45 bits per heavy atom. The lowest BCUT2D eigenvalue weighted by molar-refractivity contribution is 0.458. The molecular formula is C18H23NO. The molecule has 0 aliphatic heterocycles. The molecule has 0 saturated carbocycles. The number of aryl methyl sites for hydroxylation is 1. The van der Waals surface area contributed by atoms with Crippen molar-refractivity contribution in [3.63, 3.8) is 0 Å². The monoisotopic (exact) mass is 269 g/mol. The lowest BCUT2D eigenvalue weighted by Gasteiger charge is -2.13. The molecular weight excluding hydrogens is 246 g/mol. The molecule has 2 aromatic carbocycles. The molecule has 0 unspecified atom stereocenters. The largest absolute Gasteiger partial charge is 0.507 e. The highest BCUT2D eigenvalue weighted by atomic mass is 16.3. The Hall–Kier alpha value is -1.96.